The van der Waals surface area contributed by atoms with Crippen LogP contribution in [0.25, 0.3) is 0 Å². The van der Waals surface area contributed by atoms with Gasteiger partial charge in [-0.25, -0.2) is 17.5 Å². The van der Waals surface area contributed by atoms with Crippen molar-refractivity contribution >= 4 is 23.8 Å². The normalized spacial score (nSPS) is 16.0. The highest BCUT2D eigenvalue weighted by Crippen LogP contribution is 2.29. The second-order valence-corrected chi connectivity index (χ2v) is 8.81. The molecule has 0 spiro atoms. The summed E-state index contributed by atoms with van der Waals surface area (Å²) in [7, 11) is 2.94. The molecule has 35 heavy (non-hydrogen) atoms. The van der Waals surface area contributed by atoms with E-state index in [2.05, 4.69) is 15.6 Å². The first-order valence-corrected chi connectivity index (χ1v) is 11.9. The van der Waals surface area contributed by atoms with Gasteiger partial charge in [-0.3, -0.25) is 9.59 Å². The SMILES string of the molecule is COc1ccc(CNC(=O)CNC(=O)C2CCCCN2SCc2c(F)cc(F)cc2F)c(OC)n1. The molecule has 2 amide bonds. The number of hydrogen-bond acceptors (Lipinski definition) is 7. The van der Waals surface area contributed by atoms with Gasteiger partial charge in [-0.15, -0.1) is 0 Å². The molecule has 190 valence electrons. The van der Waals surface area contributed by atoms with Crippen molar-refractivity contribution in [2.24, 2.45) is 0 Å². The third kappa shape index (κ3) is 7.25. The van der Waals surface area contributed by atoms with Crippen LogP contribution in [0.1, 0.15) is 30.4 Å². The Balaban J connectivity index is 1.51. The van der Waals surface area contributed by atoms with E-state index in [0.717, 1.165) is 24.8 Å². The fraction of sp³-hybridized carbons (Fsp3) is 0.435. The first kappa shape index (κ1) is 26.6. The third-order valence-electron chi connectivity index (χ3n) is 5.45. The number of benzene rings is 1. The zero-order valence-corrected chi connectivity index (χ0v) is 20.2. The lowest BCUT2D eigenvalue weighted by Gasteiger charge is -2.33. The van der Waals surface area contributed by atoms with Crippen molar-refractivity contribution in [1.29, 1.82) is 0 Å². The van der Waals surface area contributed by atoms with Crippen LogP contribution in [0.15, 0.2) is 24.3 Å². The van der Waals surface area contributed by atoms with Crippen molar-refractivity contribution in [3.05, 3.63) is 52.8 Å². The minimum Gasteiger partial charge on any atom is -0.481 e. The summed E-state index contributed by atoms with van der Waals surface area (Å²) in [5.41, 5.74) is 0.395. The molecule has 3 rings (SSSR count). The number of methoxy groups -OCH3 is 2. The van der Waals surface area contributed by atoms with Crippen LogP contribution >= 0.6 is 11.9 Å². The zero-order chi connectivity index (χ0) is 25.4. The third-order valence-corrected chi connectivity index (χ3v) is 6.64. The summed E-state index contributed by atoms with van der Waals surface area (Å²) in [5, 5.41) is 5.32. The Morgan fingerprint density at radius 2 is 1.86 bits per heavy atom. The molecule has 2 heterocycles. The number of amides is 2. The number of piperidine rings is 1. The molecule has 1 saturated heterocycles. The number of rotatable bonds is 10. The number of nitrogens with zero attached hydrogens (tertiary/aromatic N) is 2. The molecule has 12 heteroatoms. The number of nitrogens with one attached hydrogen (secondary N) is 2. The fourth-order valence-corrected chi connectivity index (χ4v) is 4.81. The van der Waals surface area contributed by atoms with E-state index < -0.39 is 29.4 Å². The van der Waals surface area contributed by atoms with Crippen molar-refractivity contribution in [1.82, 2.24) is 19.9 Å². The molecular formula is C23H27F3N4O4S. The Kier molecular flexibility index (Phi) is 9.61. The molecular weight excluding hydrogens is 485 g/mol. The van der Waals surface area contributed by atoms with Crippen LogP contribution < -0.4 is 20.1 Å². The molecule has 0 bridgehead atoms. The number of ether oxygens (including phenoxy) is 2. The number of halogens is 3. The van der Waals surface area contributed by atoms with Crippen LogP contribution in [0.3, 0.4) is 0 Å². The van der Waals surface area contributed by atoms with Gasteiger partial charge in [0.2, 0.25) is 23.6 Å². The Morgan fingerprint density at radius 1 is 1.11 bits per heavy atom. The lowest BCUT2D eigenvalue weighted by molar-refractivity contribution is -0.129. The number of carbonyl (C=O) groups excluding carboxylic acids is 2. The second kappa shape index (κ2) is 12.6. The highest BCUT2D eigenvalue weighted by Gasteiger charge is 2.30. The van der Waals surface area contributed by atoms with Crippen LogP contribution in [0, 0.1) is 17.5 Å². The summed E-state index contributed by atoms with van der Waals surface area (Å²) in [6.45, 7) is 0.458. The molecule has 2 N–H and O–H groups in total. The maximum absolute atomic E-state index is 14.0. The summed E-state index contributed by atoms with van der Waals surface area (Å²) >= 11 is 1.11. The van der Waals surface area contributed by atoms with Crippen LogP contribution in [0.4, 0.5) is 13.2 Å². The van der Waals surface area contributed by atoms with Crippen molar-refractivity contribution in [3.8, 4) is 11.8 Å². The molecule has 1 atom stereocenters. The average Bonchev–Trinajstić information content (AvgIpc) is 2.85. The Bertz CT molecular complexity index is 1040. The number of carbonyl (C=O) groups is 2. The number of hydrogen-bond donors (Lipinski definition) is 2. The first-order chi connectivity index (χ1) is 16.8. The average molecular weight is 513 g/mol. The zero-order valence-electron chi connectivity index (χ0n) is 19.4. The van der Waals surface area contributed by atoms with Gasteiger partial charge in [-0.05, 0) is 18.9 Å². The molecule has 0 saturated carbocycles. The quantitative estimate of drug-likeness (QED) is 0.473. The molecule has 1 aromatic carbocycles. The van der Waals surface area contributed by atoms with Gasteiger partial charge in [0, 0.05) is 48.2 Å². The maximum Gasteiger partial charge on any atom is 0.239 e. The summed E-state index contributed by atoms with van der Waals surface area (Å²) in [6, 6.07) is 4.07. The summed E-state index contributed by atoms with van der Waals surface area (Å²) in [5.74, 6) is -3.05. The lowest BCUT2D eigenvalue weighted by Crippen LogP contribution is -2.48. The van der Waals surface area contributed by atoms with Gasteiger partial charge >= 0.3 is 0 Å². The predicted molar refractivity (Wildman–Crippen MR) is 124 cm³/mol. The smallest absolute Gasteiger partial charge is 0.239 e. The minimum absolute atomic E-state index is 0.0834. The van der Waals surface area contributed by atoms with Crippen LogP contribution in [0.5, 0.6) is 11.8 Å². The molecule has 0 radical (unpaired) electrons. The lowest BCUT2D eigenvalue weighted by atomic mass is 10.0. The van der Waals surface area contributed by atoms with Gasteiger partial charge in [0.1, 0.15) is 17.5 Å². The van der Waals surface area contributed by atoms with Gasteiger partial charge in [0.05, 0.1) is 26.8 Å². The van der Waals surface area contributed by atoms with Gasteiger partial charge < -0.3 is 20.1 Å². The van der Waals surface area contributed by atoms with E-state index in [1.165, 1.54) is 14.2 Å². The van der Waals surface area contributed by atoms with Crippen LogP contribution in [0.2, 0.25) is 0 Å². The molecule has 0 aliphatic carbocycles. The van der Waals surface area contributed by atoms with Crippen molar-refractivity contribution in [2.45, 2.75) is 37.6 Å². The highest BCUT2D eigenvalue weighted by atomic mass is 32.2. The minimum atomic E-state index is -0.982. The van der Waals surface area contributed by atoms with Crippen molar-refractivity contribution < 1.29 is 32.2 Å². The molecule has 2 aromatic rings. The fourth-order valence-electron chi connectivity index (χ4n) is 3.60. The van der Waals surface area contributed by atoms with Gasteiger partial charge in [0.15, 0.2) is 0 Å². The van der Waals surface area contributed by atoms with E-state index in [0.29, 0.717) is 42.4 Å². The molecule has 8 nitrogen and oxygen atoms in total. The number of aromatic nitrogens is 1. The summed E-state index contributed by atoms with van der Waals surface area (Å²) < 4.78 is 53.1. The Labute approximate surface area is 205 Å². The molecule has 1 aliphatic heterocycles. The molecule has 1 aliphatic rings. The van der Waals surface area contributed by atoms with Crippen LogP contribution in [-0.4, -0.2) is 54.5 Å². The van der Waals surface area contributed by atoms with E-state index in [-0.39, 0.29) is 30.3 Å². The number of pyridine rings is 1. The molecule has 1 aromatic heterocycles. The predicted octanol–water partition coefficient (Wildman–Crippen LogP) is 2.95. The van der Waals surface area contributed by atoms with Gasteiger partial charge in [0.25, 0.3) is 0 Å². The molecule has 1 unspecified atom stereocenters. The van der Waals surface area contributed by atoms with Crippen LogP contribution in [-0.2, 0) is 21.9 Å². The van der Waals surface area contributed by atoms with Gasteiger partial charge in [-0.2, -0.15) is 4.98 Å². The van der Waals surface area contributed by atoms with Crippen molar-refractivity contribution in [2.75, 3.05) is 27.3 Å². The van der Waals surface area contributed by atoms with E-state index >= 15 is 0 Å². The molecule has 1 fully saturated rings. The van der Waals surface area contributed by atoms with Gasteiger partial charge in [-0.1, -0.05) is 18.4 Å². The van der Waals surface area contributed by atoms with E-state index in [9.17, 15) is 22.8 Å². The second-order valence-electron chi connectivity index (χ2n) is 7.79. The standard InChI is InChI=1S/C23H27F3N4O4S/c1-33-21-7-6-14(23(29-21)34-2)11-27-20(31)12-28-22(32)19-5-3-4-8-30(19)35-13-16-17(25)9-15(24)10-18(16)26/h6-7,9-10,19H,3-5,8,11-13H2,1-2H3,(H,27,31)(H,28,32). The summed E-state index contributed by atoms with van der Waals surface area (Å²) in [6.07, 6.45) is 2.18. The first-order valence-electron chi connectivity index (χ1n) is 11.0. The van der Waals surface area contributed by atoms with E-state index in [4.69, 9.17) is 9.47 Å². The maximum atomic E-state index is 14.0. The van der Waals surface area contributed by atoms with Crippen molar-refractivity contribution in [3.63, 3.8) is 0 Å². The Morgan fingerprint density at radius 3 is 2.54 bits per heavy atom. The van der Waals surface area contributed by atoms with E-state index in [1.54, 1.807) is 16.4 Å². The topological polar surface area (TPSA) is 92.8 Å². The largest absolute Gasteiger partial charge is 0.481 e. The monoisotopic (exact) mass is 512 g/mol. The van der Waals surface area contributed by atoms with E-state index in [1.807, 2.05) is 0 Å². The highest BCUT2D eigenvalue weighted by molar-refractivity contribution is 7.96. The summed E-state index contributed by atoms with van der Waals surface area (Å²) in [4.78, 5) is 29.2. The Hall–Kier alpha value is -2.99.